The Morgan fingerprint density at radius 1 is 1.43 bits per heavy atom. The number of pyridine rings is 1. The van der Waals surface area contributed by atoms with Crippen LogP contribution in [0.1, 0.15) is 19.4 Å². The van der Waals surface area contributed by atoms with Gasteiger partial charge in [0.05, 0.1) is 12.5 Å². The molecule has 0 aliphatic carbocycles. The highest BCUT2D eigenvalue weighted by Crippen LogP contribution is 2.22. The molecule has 0 unspecified atom stereocenters. The first-order valence-electron chi connectivity index (χ1n) is 4.26. The molecular formula is C10H13NO3. The first-order chi connectivity index (χ1) is 6.48. The molecule has 0 amide bonds. The molecule has 0 saturated heterocycles. The van der Waals surface area contributed by atoms with E-state index in [1.54, 1.807) is 19.9 Å². The molecule has 76 valence electrons. The van der Waals surface area contributed by atoms with Crippen molar-refractivity contribution in [2.75, 3.05) is 7.11 Å². The summed E-state index contributed by atoms with van der Waals surface area (Å²) in [5, 5.41) is 0. The highest BCUT2D eigenvalue weighted by atomic mass is 16.5. The average Bonchev–Trinajstić information content (AvgIpc) is 2.17. The zero-order valence-electron chi connectivity index (χ0n) is 8.46. The monoisotopic (exact) mass is 195 g/mol. The first-order valence-corrected chi connectivity index (χ1v) is 4.26. The Balaban J connectivity index is 3.09. The molecule has 4 nitrogen and oxygen atoms in total. The van der Waals surface area contributed by atoms with E-state index in [4.69, 9.17) is 0 Å². The molecule has 1 N–H and O–H groups in total. The summed E-state index contributed by atoms with van der Waals surface area (Å²) < 4.78 is 4.67. The van der Waals surface area contributed by atoms with Crippen LogP contribution in [0.15, 0.2) is 23.1 Å². The van der Waals surface area contributed by atoms with Gasteiger partial charge in [-0.05, 0) is 19.4 Å². The predicted octanol–water partition coefficient (Wildman–Crippen LogP) is 0.825. The lowest BCUT2D eigenvalue weighted by Gasteiger charge is -2.21. The summed E-state index contributed by atoms with van der Waals surface area (Å²) in [5.41, 5.74) is -0.197. The van der Waals surface area contributed by atoms with Crippen molar-refractivity contribution in [3.05, 3.63) is 34.2 Å². The van der Waals surface area contributed by atoms with E-state index in [1.165, 1.54) is 19.4 Å². The molecule has 0 spiro atoms. The van der Waals surface area contributed by atoms with E-state index in [1.807, 2.05) is 0 Å². The number of H-pyrrole nitrogens is 1. The van der Waals surface area contributed by atoms with Gasteiger partial charge in [-0.3, -0.25) is 9.59 Å². The molecule has 0 atom stereocenters. The Morgan fingerprint density at radius 3 is 2.50 bits per heavy atom. The van der Waals surface area contributed by atoms with Gasteiger partial charge in [0.15, 0.2) is 0 Å². The molecule has 14 heavy (non-hydrogen) atoms. The van der Waals surface area contributed by atoms with Crippen molar-refractivity contribution in [3.8, 4) is 0 Å². The Bertz CT molecular complexity index is 372. The number of hydrogen-bond donors (Lipinski definition) is 1. The molecule has 0 fully saturated rings. The number of aromatic amines is 1. The molecule has 0 bridgehead atoms. The van der Waals surface area contributed by atoms with Crippen LogP contribution >= 0.6 is 0 Å². The summed E-state index contributed by atoms with van der Waals surface area (Å²) in [6.45, 7) is 3.49. The minimum Gasteiger partial charge on any atom is -0.468 e. The smallest absolute Gasteiger partial charge is 0.315 e. The van der Waals surface area contributed by atoms with Crippen LogP contribution in [0.4, 0.5) is 0 Å². The van der Waals surface area contributed by atoms with E-state index in [2.05, 4.69) is 9.72 Å². The summed E-state index contributed by atoms with van der Waals surface area (Å²) in [5.74, 6) is -0.329. The van der Waals surface area contributed by atoms with E-state index < -0.39 is 5.41 Å². The number of aromatic nitrogens is 1. The van der Waals surface area contributed by atoms with Gasteiger partial charge in [-0.2, -0.15) is 0 Å². The van der Waals surface area contributed by atoms with Crippen molar-refractivity contribution < 1.29 is 9.53 Å². The number of ether oxygens (including phenoxy) is 1. The molecule has 0 radical (unpaired) electrons. The van der Waals surface area contributed by atoms with E-state index in [0.29, 0.717) is 0 Å². The van der Waals surface area contributed by atoms with Crippen LogP contribution < -0.4 is 5.56 Å². The third-order valence-corrected chi connectivity index (χ3v) is 2.20. The Labute approximate surface area is 81.9 Å². The van der Waals surface area contributed by atoms with Crippen molar-refractivity contribution in [2.45, 2.75) is 19.3 Å². The van der Waals surface area contributed by atoms with Gasteiger partial charge < -0.3 is 9.72 Å². The fourth-order valence-corrected chi connectivity index (χ4v) is 1.17. The van der Waals surface area contributed by atoms with Crippen molar-refractivity contribution in [3.63, 3.8) is 0 Å². The number of carbonyl (C=O) groups is 1. The molecule has 4 heteroatoms. The van der Waals surface area contributed by atoms with Crippen LogP contribution in [0, 0.1) is 0 Å². The van der Waals surface area contributed by atoms with Crippen LogP contribution in [0.3, 0.4) is 0 Å². The molecule has 0 aliphatic rings. The number of rotatable bonds is 2. The summed E-state index contributed by atoms with van der Waals surface area (Å²) in [7, 11) is 1.34. The van der Waals surface area contributed by atoms with E-state index in [9.17, 15) is 9.59 Å². The van der Waals surface area contributed by atoms with Gasteiger partial charge >= 0.3 is 5.97 Å². The SMILES string of the molecule is COC(=O)C(C)(C)c1ccc(=O)[nH]c1. The largest absolute Gasteiger partial charge is 0.468 e. The average molecular weight is 195 g/mol. The maximum atomic E-state index is 11.4. The van der Waals surface area contributed by atoms with Gasteiger partial charge in [-0.25, -0.2) is 0 Å². The van der Waals surface area contributed by atoms with Crippen molar-refractivity contribution in [1.82, 2.24) is 4.98 Å². The molecule has 1 rings (SSSR count). The van der Waals surface area contributed by atoms with Crippen LogP contribution in [0.5, 0.6) is 0 Å². The standard InChI is InChI=1S/C10H13NO3/c1-10(2,9(13)14-3)7-4-5-8(12)11-6-7/h4-6H,1-3H3,(H,11,12). The number of carbonyl (C=O) groups excluding carboxylic acids is 1. The van der Waals surface area contributed by atoms with Crippen LogP contribution in [-0.4, -0.2) is 18.1 Å². The first kappa shape index (κ1) is 10.5. The molecule has 1 aromatic heterocycles. The number of hydrogen-bond acceptors (Lipinski definition) is 3. The van der Waals surface area contributed by atoms with Crippen molar-refractivity contribution in [1.29, 1.82) is 0 Å². The molecule has 0 saturated carbocycles. The maximum Gasteiger partial charge on any atom is 0.315 e. The van der Waals surface area contributed by atoms with Gasteiger partial charge in [-0.15, -0.1) is 0 Å². The van der Waals surface area contributed by atoms with Crippen LogP contribution in [0.25, 0.3) is 0 Å². The van der Waals surface area contributed by atoms with Crippen LogP contribution in [0.2, 0.25) is 0 Å². The van der Waals surface area contributed by atoms with Crippen molar-refractivity contribution in [2.24, 2.45) is 0 Å². The lowest BCUT2D eigenvalue weighted by molar-refractivity contribution is -0.146. The lowest BCUT2D eigenvalue weighted by Crippen LogP contribution is -2.30. The number of methoxy groups -OCH3 is 1. The second kappa shape index (κ2) is 3.65. The summed E-state index contributed by atoms with van der Waals surface area (Å²) in [4.78, 5) is 24.7. The summed E-state index contributed by atoms with van der Waals surface area (Å²) in [6, 6.07) is 3.01. The number of esters is 1. The molecule has 1 aromatic rings. The van der Waals surface area contributed by atoms with E-state index in [0.717, 1.165) is 5.56 Å². The number of nitrogens with one attached hydrogen (secondary N) is 1. The summed E-state index contributed by atoms with van der Waals surface area (Å²) >= 11 is 0. The zero-order valence-corrected chi connectivity index (χ0v) is 8.46. The Hall–Kier alpha value is -1.58. The Kier molecular flexibility index (Phi) is 2.74. The fraction of sp³-hybridized carbons (Fsp3) is 0.400. The summed E-state index contributed by atoms with van der Waals surface area (Å²) in [6.07, 6.45) is 1.53. The molecule has 0 aliphatic heterocycles. The topological polar surface area (TPSA) is 59.2 Å². The minimum atomic E-state index is -0.737. The third kappa shape index (κ3) is 1.84. The van der Waals surface area contributed by atoms with Gasteiger partial charge in [0, 0.05) is 12.3 Å². The second-order valence-electron chi connectivity index (χ2n) is 3.56. The van der Waals surface area contributed by atoms with Crippen molar-refractivity contribution >= 4 is 5.97 Å². The highest BCUT2D eigenvalue weighted by molar-refractivity contribution is 5.81. The van der Waals surface area contributed by atoms with Gasteiger partial charge in [-0.1, -0.05) is 6.07 Å². The Morgan fingerprint density at radius 2 is 2.07 bits per heavy atom. The third-order valence-electron chi connectivity index (χ3n) is 2.20. The lowest BCUT2D eigenvalue weighted by atomic mass is 9.86. The van der Waals surface area contributed by atoms with Crippen LogP contribution in [-0.2, 0) is 14.9 Å². The van der Waals surface area contributed by atoms with Gasteiger partial charge in [0.2, 0.25) is 5.56 Å². The fourth-order valence-electron chi connectivity index (χ4n) is 1.17. The zero-order chi connectivity index (χ0) is 10.8. The van der Waals surface area contributed by atoms with E-state index >= 15 is 0 Å². The van der Waals surface area contributed by atoms with E-state index in [-0.39, 0.29) is 11.5 Å². The quantitative estimate of drug-likeness (QED) is 0.711. The minimum absolute atomic E-state index is 0.186. The van der Waals surface area contributed by atoms with Gasteiger partial charge in [0.25, 0.3) is 0 Å². The second-order valence-corrected chi connectivity index (χ2v) is 3.56. The molecular weight excluding hydrogens is 182 g/mol. The molecule has 0 aromatic carbocycles. The normalized spacial score (nSPS) is 11.1. The highest BCUT2D eigenvalue weighted by Gasteiger charge is 2.30. The molecule has 1 heterocycles. The maximum absolute atomic E-state index is 11.4. The van der Waals surface area contributed by atoms with Gasteiger partial charge in [0.1, 0.15) is 0 Å². The predicted molar refractivity (Wildman–Crippen MR) is 52.1 cm³/mol.